The zero-order valence-corrected chi connectivity index (χ0v) is 12.7. The highest BCUT2D eigenvalue weighted by Crippen LogP contribution is 2.30. The van der Waals surface area contributed by atoms with Crippen LogP contribution >= 0.6 is 0 Å². The van der Waals surface area contributed by atoms with Gasteiger partial charge < -0.3 is 10.4 Å². The van der Waals surface area contributed by atoms with Crippen LogP contribution in [-0.2, 0) is 4.79 Å². The van der Waals surface area contributed by atoms with Crippen molar-refractivity contribution in [3.8, 4) is 0 Å². The molecule has 0 saturated heterocycles. The number of nitrogens with zero attached hydrogens (tertiary/aromatic N) is 1. The van der Waals surface area contributed by atoms with E-state index in [1.54, 1.807) is 6.07 Å². The molecule has 0 aliphatic rings. The van der Waals surface area contributed by atoms with Gasteiger partial charge in [0.15, 0.2) is 0 Å². The Kier molecular flexibility index (Phi) is 5.69. The normalized spacial score (nSPS) is 11.2. The maximum atomic E-state index is 11.0. The molecule has 0 fully saturated rings. The molecule has 0 unspecified atom stereocenters. The number of para-hydroxylation sites is 1. The predicted molar refractivity (Wildman–Crippen MR) is 81.6 cm³/mol. The van der Waals surface area contributed by atoms with Gasteiger partial charge in [-0.15, -0.1) is 0 Å². The fourth-order valence-corrected chi connectivity index (χ4v) is 2.13. The number of carbonyl (C=O) groups is 1. The summed E-state index contributed by atoms with van der Waals surface area (Å²) in [5.74, 6) is -0.800. The molecular formula is C15H22N2O4. The molecule has 116 valence electrons. The molecule has 0 heterocycles. The van der Waals surface area contributed by atoms with Gasteiger partial charge in [-0.25, -0.2) is 0 Å². The summed E-state index contributed by atoms with van der Waals surface area (Å²) < 4.78 is 0. The number of nitro groups is 1. The Morgan fingerprint density at radius 3 is 2.62 bits per heavy atom. The lowest BCUT2D eigenvalue weighted by molar-refractivity contribution is -0.384. The van der Waals surface area contributed by atoms with Crippen LogP contribution in [0, 0.1) is 22.5 Å². The van der Waals surface area contributed by atoms with E-state index in [9.17, 15) is 14.9 Å². The van der Waals surface area contributed by atoms with Crippen molar-refractivity contribution in [3.05, 3.63) is 33.9 Å². The summed E-state index contributed by atoms with van der Waals surface area (Å²) in [5.41, 5.74) is 1.31. The van der Waals surface area contributed by atoms with Gasteiger partial charge in [0.25, 0.3) is 5.69 Å². The molecule has 6 heteroatoms. The predicted octanol–water partition coefficient (Wildman–Crippen LogP) is 3.60. The third kappa shape index (κ3) is 5.41. The molecule has 0 bridgehead atoms. The Labute approximate surface area is 124 Å². The number of aliphatic carboxylic acids is 1. The zero-order chi connectivity index (χ0) is 16.0. The fraction of sp³-hybridized carbons (Fsp3) is 0.533. The lowest BCUT2D eigenvalue weighted by Crippen LogP contribution is -2.18. The summed E-state index contributed by atoms with van der Waals surface area (Å²) in [6, 6.07) is 4.96. The Hall–Kier alpha value is -2.11. The van der Waals surface area contributed by atoms with Crippen LogP contribution in [0.25, 0.3) is 0 Å². The van der Waals surface area contributed by atoms with E-state index in [4.69, 9.17) is 5.11 Å². The van der Waals surface area contributed by atoms with E-state index in [-0.39, 0.29) is 17.5 Å². The van der Waals surface area contributed by atoms with Crippen LogP contribution < -0.4 is 5.32 Å². The largest absolute Gasteiger partial charge is 0.481 e. The quantitative estimate of drug-likeness (QED) is 0.564. The number of benzene rings is 1. The van der Waals surface area contributed by atoms with Crippen LogP contribution in [0.1, 0.15) is 38.7 Å². The topological polar surface area (TPSA) is 92.5 Å². The number of hydrogen-bond donors (Lipinski definition) is 2. The molecule has 0 atom stereocenters. The molecule has 0 aromatic heterocycles. The molecule has 1 rings (SSSR count). The lowest BCUT2D eigenvalue weighted by Gasteiger charge is -2.24. The van der Waals surface area contributed by atoms with E-state index in [1.165, 1.54) is 6.07 Å². The Morgan fingerprint density at radius 1 is 1.38 bits per heavy atom. The van der Waals surface area contributed by atoms with Crippen molar-refractivity contribution in [1.29, 1.82) is 0 Å². The minimum atomic E-state index is -0.800. The number of anilines is 1. The van der Waals surface area contributed by atoms with E-state index in [2.05, 4.69) is 5.32 Å². The zero-order valence-electron chi connectivity index (χ0n) is 12.7. The molecule has 0 saturated carbocycles. The first-order valence-electron chi connectivity index (χ1n) is 6.92. The molecule has 6 nitrogen and oxygen atoms in total. The third-order valence-electron chi connectivity index (χ3n) is 3.57. The van der Waals surface area contributed by atoms with Gasteiger partial charge in [-0.05, 0) is 30.7 Å². The minimum absolute atomic E-state index is 0.0679. The summed E-state index contributed by atoms with van der Waals surface area (Å²) in [6.07, 6.45) is 1.46. The lowest BCUT2D eigenvalue weighted by atomic mass is 9.84. The summed E-state index contributed by atoms with van der Waals surface area (Å²) >= 11 is 0. The standard InChI is InChI=1S/C15H22N2O4/c1-11-5-4-6-12(17(20)21)14(11)16-10-9-15(2,3)8-7-13(18)19/h4-6,16H,7-10H2,1-3H3,(H,18,19). The SMILES string of the molecule is Cc1cccc([N+](=O)[O-])c1NCCC(C)(C)CCC(=O)O. The Balaban J connectivity index is 2.64. The van der Waals surface area contributed by atoms with Gasteiger partial charge in [0.1, 0.15) is 5.69 Å². The van der Waals surface area contributed by atoms with Crippen molar-refractivity contribution in [2.45, 2.75) is 40.0 Å². The van der Waals surface area contributed by atoms with Crippen LogP contribution in [0.2, 0.25) is 0 Å². The summed E-state index contributed by atoms with van der Waals surface area (Å²) in [5, 5.41) is 22.9. The van der Waals surface area contributed by atoms with Crippen LogP contribution in [0.3, 0.4) is 0 Å². The highest BCUT2D eigenvalue weighted by molar-refractivity contribution is 5.67. The Morgan fingerprint density at radius 2 is 2.05 bits per heavy atom. The first-order chi connectivity index (χ1) is 9.73. The summed E-state index contributed by atoms with van der Waals surface area (Å²) in [4.78, 5) is 21.2. The number of carboxylic acid groups (broad SMARTS) is 1. The average molecular weight is 294 g/mol. The average Bonchev–Trinajstić information content (AvgIpc) is 2.38. The van der Waals surface area contributed by atoms with Gasteiger partial charge >= 0.3 is 5.97 Å². The molecule has 0 aliphatic heterocycles. The van der Waals surface area contributed by atoms with E-state index in [0.717, 1.165) is 12.0 Å². The van der Waals surface area contributed by atoms with Crippen LogP contribution in [0.4, 0.5) is 11.4 Å². The van der Waals surface area contributed by atoms with Gasteiger partial charge in [-0.2, -0.15) is 0 Å². The van der Waals surface area contributed by atoms with E-state index >= 15 is 0 Å². The second kappa shape index (κ2) is 7.06. The number of rotatable bonds is 8. The van der Waals surface area contributed by atoms with Gasteiger partial charge in [0.05, 0.1) is 4.92 Å². The van der Waals surface area contributed by atoms with Gasteiger partial charge in [0, 0.05) is 19.0 Å². The summed E-state index contributed by atoms with van der Waals surface area (Å²) in [6.45, 7) is 6.40. The van der Waals surface area contributed by atoms with Gasteiger partial charge in [0.2, 0.25) is 0 Å². The number of nitrogens with one attached hydrogen (secondary N) is 1. The second-order valence-corrected chi connectivity index (χ2v) is 5.96. The van der Waals surface area contributed by atoms with Crippen LogP contribution in [0.5, 0.6) is 0 Å². The molecule has 1 aromatic rings. The molecule has 0 amide bonds. The first kappa shape index (κ1) is 16.9. The maximum Gasteiger partial charge on any atom is 0.303 e. The van der Waals surface area contributed by atoms with Crippen molar-refractivity contribution in [1.82, 2.24) is 0 Å². The third-order valence-corrected chi connectivity index (χ3v) is 3.57. The van der Waals surface area contributed by atoms with Crippen molar-refractivity contribution >= 4 is 17.3 Å². The molecule has 2 N–H and O–H groups in total. The van der Waals surface area contributed by atoms with E-state index in [0.29, 0.717) is 18.7 Å². The molecule has 0 spiro atoms. The van der Waals surface area contributed by atoms with Crippen LogP contribution in [0.15, 0.2) is 18.2 Å². The maximum absolute atomic E-state index is 11.0. The van der Waals surface area contributed by atoms with E-state index < -0.39 is 10.9 Å². The van der Waals surface area contributed by atoms with Crippen molar-refractivity contribution < 1.29 is 14.8 Å². The smallest absolute Gasteiger partial charge is 0.303 e. The first-order valence-corrected chi connectivity index (χ1v) is 6.92. The number of nitro benzene ring substituents is 1. The van der Waals surface area contributed by atoms with Crippen LogP contribution in [-0.4, -0.2) is 22.5 Å². The number of carboxylic acids is 1. The summed E-state index contributed by atoms with van der Waals surface area (Å²) in [7, 11) is 0. The minimum Gasteiger partial charge on any atom is -0.481 e. The van der Waals surface area contributed by atoms with Crippen molar-refractivity contribution in [3.63, 3.8) is 0 Å². The number of aryl methyl sites for hydroxylation is 1. The highest BCUT2D eigenvalue weighted by Gasteiger charge is 2.20. The van der Waals surface area contributed by atoms with Crippen molar-refractivity contribution in [2.75, 3.05) is 11.9 Å². The molecule has 21 heavy (non-hydrogen) atoms. The van der Waals surface area contributed by atoms with E-state index in [1.807, 2.05) is 26.8 Å². The van der Waals surface area contributed by atoms with Gasteiger partial charge in [-0.1, -0.05) is 26.0 Å². The molecule has 1 aromatic carbocycles. The number of hydrogen-bond acceptors (Lipinski definition) is 4. The Bertz CT molecular complexity index is 526. The highest BCUT2D eigenvalue weighted by atomic mass is 16.6. The molecular weight excluding hydrogens is 272 g/mol. The van der Waals surface area contributed by atoms with Crippen molar-refractivity contribution in [2.24, 2.45) is 5.41 Å². The molecule has 0 aliphatic carbocycles. The van der Waals surface area contributed by atoms with Gasteiger partial charge in [-0.3, -0.25) is 14.9 Å². The molecule has 0 radical (unpaired) electrons. The monoisotopic (exact) mass is 294 g/mol. The second-order valence-electron chi connectivity index (χ2n) is 5.96. The fourth-order valence-electron chi connectivity index (χ4n) is 2.13.